The molecule has 3 rings (SSSR count). The van der Waals surface area contributed by atoms with E-state index in [-0.39, 0.29) is 11.4 Å². The maximum atomic E-state index is 13.6. The van der Waals surface area contributed by atoms with Crippen LogP contribution < -0.4 is 19.1 Å². The fourth-order valence-electron chi connectivity index (χ4n) is 3.46. The van der Waals surface area contributed by atoms with Gasteiger partial charge in [0.05, 0.1) is 24.8 Å². The van der Waals surface area contributed by atoms with E-state index in [9.17, 15) is 13.2 Å². The van der Waals surface area contributed by atoms with Gasteiger partial charge in [0.1, 0.15) is 18.0 Å². The van der Waals surface area contributed by atoms with Crippen LogP contribution in [-0.2, 0) is 21.2 Å². The van der Waals surface area contributed by atoms with Crippen molar-refractivity contribution in [2.24, 2.45) is 0 Å². The molecule has 0 heterocycles. The van der Waals surface area contributed by atoms with Crippen molar-refractivity contribution in [3.63, 3.8) is 0 Å². The Morgan fingerprint density at radius 3 is 2.15 bits per heavy atom. The summed E-state index contributed by atoms with van der Waals surface area (Å²) in [5.74, 6) is 0.719. The Morgan fingerprint density at radius 1 is 0.882 bits per heavy atom. The van der Waals surface area contributed by atoms with Crippen LogP contribution in [0.15, 0.2) is 71.6 Å². The van der Waals surface area contributed by atoms with Gasteiger partial charge in [0.15, 0.2) is 0 Å². The number of hydrogen-bond acceptors (Lipinski definition) is 5. The van der Waals surface area contributed by atoms with Gasteiger partial charge in [-0.05, 0) is 67.8 Å². The second kappa shape index (κ2) is 11.1. The minimum atomic E-state index is -4.02. The molecule has 0 aliphatic rings. The fourth-order valence-corrected chi connectivity index (χ4v) is 4.88. The zero-order valence-corrected chi connectivity index (χ0v) is 20.7. The zero-order chi connectivity index (χ0) is 24.7. The number of aryl methyl sites for hydroxylation is 2. The van der Waals surface area contributed by atoms with E-state index in [4.69, 9.17) is 9.47 Å². The second-order valence-electron chi connectivity index (χ2n) is 7.95. The van der Waals surface area contributed by atoms with Crippen LogP contribution in [0.2, 0.25) is 0 Å². The molecule has 1 N–H and O–H groups in total. The van der Waals surface area contributed by atoms with E-state index in [2.05, 4.69) is 5.32 Å². The number of amides is 1. The lowest BCUT2D eigenvalue weighted by Crippen LogP contribution is -2.41. The van der Waals surface area contributed by atoms with Gasteiger partial charge in [0.25, 0.3) is 10.0 Å². The Morgan fingerprint density at radius 2 is 1.53 bits per heavy atom. The number of benzene rings is 3. The Bertz CT molecular complexity index is 1220. The first-order chi connectivity index (χ1) is 16.2. The minimum absolute atomic E-state index is 0.104. The average molecular weight is 483 g/mol. The summed E-state index contributed by atoms with van der Waals surface area (Å²) in [7, 11) is -0.944. The third-order valence-corrected chi connectivity index (χ3v) is 7.17. The number of carbonyl (C=O) groups excluding carboxylic acids is 1. The Balaban J connectivity index is 1.83. The molecule has 0 saturated heterocycles. The van der Waals surface area contributed by atoms with E-state index in [1.54, 1.807) is 43.5 Å². The lowest BCUT2D eigenvalue weighted by molar-refractivity contribution is -0.119. The van der Waals surface area contributed by atoms with Gasteiger partial charge in [-0.2, -0.15) is 0 Å². The van der Waals surface area contributed by atoms with Crippen LogP contribution in [0.4, 0.5) is 5.69 Å². The van der Waals surface area contributed by atoms with E-state index < -0.39 is 15.9 Å². The van der Waals surface area contributed by atoms with Gasteiger partial charge in [-0.3, -0.25) is 9.10 Å². The summed E-state index contributed by atoms with van der Waals surface area (Å²) in [5.41, 5.74) is 3.13. The number of anilines is 1. The summed E-state index contributed by atoms with van der Waals surface area (Å²) in [4.78, 5) is 13.0. The Kier molecular flexibility index (Phi) is 8.17. The fraction of sp³-hybridized carbons (Fsp3) is 0.269. The number of ether oxygens (including phenoxy) is 2. The van der Waals surface area contributed by atoms with Gasteiger partial charge in [0, 0.05) is 6.54 Å². The van der Waals surface area contributed by atoms with Gasteiger partial charge in [-0.25, -0.2) is 8.42 Å². The molecule has 0 atom stereocenters. The zero-order valence-electron chi connectivity index (χ0n) is 19.9. The molecule has 0 spiro atoms. The van der Waals surface area contributed by atoms with Gasteiger partial charge in [-0.1, -0.05) is 35.9 Å². The molecule has 0 aliphatic carbocycles. The van der Waals surface area contributed by atoms with Crippen molar-refractivity contribution in [2.45, 2.75) is 25.2 Å². The van der Waals surface area contributed by atoms with Crippen molar-refractivity contribution in [1.29, 1.82) is 0 Å². The summed E-state index contributed by atoms with van der Waals surface area (Å²) < 4.78 is 38.9. The van der Waals surface area contributed by atoms with Crippen LogP contribution in [-0.4, -0.2) is 41.6 Å². The first kappa shape index (κ1) is 25.1. The van der Waals surface area contributed by atoms with Crippen LogP contribution in [0.5, 0.6) is 11.5 Å². The predicted molar refractivity (Wildman–Crippen MR) is 133 cm³/mol. The summed E-state index contributed by atoms with van der Waals surface area (Å²) in [6.07, 6.45) is 0.605. The number of rotatable bonds is 10. The third-order valence-electron chi connectivity index (χ3n) is 5.39. The number of nitrogens with zero attached hydrogens (tertiary/aromatic N) is 1. The molecule has 0 radical (unpaired) electrons. The molecule has 3 aromatic rings. The SMILES string of the molecule is COc1ccc(CCNC(=O)CN(c2cc(C)ccc2OC)S(=O)(=O)c2ccc(C)cc2)cc1. The van der Waals surface area contributed by atoms with Crippen LogP contribution in [0, 0.1) is 13.8 Å². The van der Waals surface area contributed by atoms with Gasteiger partial charge >= 0.3 is 0 Å². The molecule has 0 bridgehead atoms. The van der Waals surface area contributed by atoms with E-state index >= 15 is 0 Å². The predicted octanol–water partition coefficient (Wildman–Crippen LogP) is 3.87. The molecule has 0 aromatic heterocycles. The Labute approximate surface area is 201 Å². The highest BCUT2D eigenvalue weighted by atomic mass is 32.2. The molecule has 0 aliphatic heterocycles. The highest BCUT2D eigenvalue weighted by Crippen LogP contribution is 2.33. The van der Waals surface area contributed by atoms with Gasteiger partial charge < -0.3 is 14.8 Å². The lowest BCUT2D eigenvalue weighted by Gasteiger charge is -2.26. The molecule has 0 unspecified atom stereocenters. The van der Waals surface area contributed by atoms with Crippen molar-refractivity contribution >= 4 is 21.6 Å². The number of carbonyl (C=O) groups is 1. The van der Waals surface area contributed by atoms with Crippen molar-refractivity contribution in [3.8, 4) is 11.5 Å². The van der Waals surface area contributed by atoms with Crippen LogP contribution in [0.25, 0.3) is 0 Å². The lowest BCUT2D eigenvalue weighted by atomic mass is 10.1. The van der Waals surface area contributed by atoms with E-state index in [0.717, 1.165) is 26.7 Å². The van der Waals surface area contributed by atoms with Gasteiger partial charge in [-0.15, -0.1) is 0 Å². The largest absolute Gasteiger partial charge is 0.497 e. The normalized spacial score (nSPS) is 11.1. The van der Waals surface area contributed by atoms with E-state index in [0.29, 0.717) is 24.4 Å². The van der Waals surface area contributed by atoms with Crippen molar-refractivity contribution in [3.05, 3.63) is 83.4 Å². The van der Waals surface area contributed by atoms with Crippen LogP contribution >= 0.6 is 0 Å². The smallest absolute Gasteiger partial charge is 0.264 e. The first-order valence-corrected chi connectivity index (χ1v) is 12.3. The molecule has 3 aromatic carbocycles. The maximum absolute atomic E-state index is 13.6. The molecule has 1 amide bonds. The molecule has 7 nitrogen and oxygen atoms in total. The monoisotopic (exact) mass is 482 g/mol. The number of nitrogens with one attached hydrogen (secondary N) is 1. The molecule has 34 heavy (non-hydrogen) atoms. The summed E-state index contributed by atoms with van der Waals surface area (Å²) >= 11 is 0. The molecular formula is C26H30N2O5S. The van der Waals surface area contributed by atoms with Crippen molar-refractivity contribution < 1.29 is 22.7 Å². The minimum Gasteiger partial charge on any atom is -0.497 e. The molecular weight excluding hydrogens is 452 g/mol. The Hall–Kier alpha value is -3.52. The van der Waals surface area contributed by atoms with Crippen molar-refractivity contribution in [1.82, 2.24) is 5.32 Å². The average Bonchev–Trinajstić information content (AvgIpc) is 2.83. The summed E-state index contributed by atoms with van der Waals surface area (Å²) in [6, 6.07) is 19.3. The molecule has 0 fully saturated rings. The third kappa shape index (κ3) is 6.08. The number of sulfonamides is 1. The topological polar surface area (TPSA) is 84.9 Å². The quantitative estimate of drug-likeness (QED) is 0.474. The standard InChI is InChI=1S/C26H30N2O5S/c1-19-5-12-23(13-6-19)34(30,31)28(24-17-20(2)7-14-25(24)33-4)18-26(29)27-16-15-21-8-10-22(32-3)11-9-21/h5-14,17H,15-16,18H2,1-4H3,(H,27,29). The second-order valence-corrected chi connectivity index (χ2v) is 9.81. The maximum Gasteiger partial charge on any atom is 0.264 e. The molecule has 0 saturated carbocycles. The van der Waals surface area contributed by atoms with E-state index in [1.807, 2.05) is 44.2 Å². The van der Waals surface area contributed by atoms with Crippen LogP contribution in [0.1, 0.15) is 16.7 Å². The van der Waals surface area contributed by atoms with Crippen LogP contribution in [0.3, 0.4) is 0 Å². The van der Waals surface area contributed by atoms with Gasteiger partial charge in [0.2, 0.25) is 5.91 Å². The highest BCUT2D eigenvalue weighted by molar-refractivity contribution is 7.92. The molecule has 8 heteroatoms. The summed E-state index contributed by atoms with van der Waals surface area (Å²) in [5, 5.41) is 2.83. The van der Waals surface area contributed by atoms with E-state index in [1.165, 1.54) is 7.11 Å². The summed E-state index contributed by atoms with van der Waals surface area (Å²) in [6.45, 7) is 3.73. The number of methoxy groups -OCH3 is 2. The molecule has 180 valence electrons. The highest BCUT2D eigenvalue weighted by Gasteiger charge is 2.29. The first-order valence-electron chi connectivity index (χ1n) is 10.9. The number of hydrogen-bond donors (Lipinski definition) is 1. The van der Waals surface area contributed by atoms with Crippen molar-refractivity contribution in [2.75, 3.05) is 31.6 Å².